The summed E-state index contributed by atoms with van der Waals surface area (Å²) in [5.41, 5.74) is 0.550. The number of rotatable bonds is 3. The molecule has 134 valence electrons. The van der Waals surface area contributed by atoms with Gasteiger partial charge in [-0.05, 0) is 36.4 Å². The van der Waals surface area contributed by atoms with Crippen LogP contribution in [-0.2, 0) is 9.59 Å². The van der Waals surface area contributed by atoms with Crippen LogP contribution in [0.1, 0.15) is 6.42 Å². The fourth-order valence-corrected chi connectivity index (χ4v) is 3.50. The van der Waals surface area contributed by atoms with Crippen LogP contribution in [0.4, 0.5) is 20.2 Å². The maximum atomic E-state index is 13.9. The second kappa shape index (κ2) is 7.65. The van der Waals surface area contributed by atoms with Crippen molar-refractivity contribution in [1.82, 2.24) is 0 Å². The molecule has 1 heterocycles. The lowest BCUT2D eigenvalue weighted by Gasteiger charge is -2.16. The van der Waals surface area contributed by atoms with E-state index in [1.807, 2.05) is 0 Å². The van der Waals surface area contributed by atoms with Crippen LogP contribution >= 0.6 is 11.8 Å². The summed E-state index contributed by atoms with van der Waals surface area (Å²) in [6.07, 6.45) is -0.0536. The van der Waals surface area contributed by atoms with Crippen molar-refractivity contribution in [2.24, 2.45) is 4.99 Å². The Morgan fingerprint density at radius 1 is 1.15 bits per heavy atom. The Morgan fingerprint density at radius 2 is 1.85 bits per heavy atom. The van der Waals surface area contributed by atoms with Crippen LogP contribution in [0.2, 0.25) is 0 Å². The number of nitrogens with one attached hydrogen (secondary N) is 1. The van der Waals surface area contributed by atoms with Gasteiger partial charge >= 0.3 is 0 Å². The van der Waals surface area contributed by atoms with Gasteiger partial charge in [0.25, 0.3) is 0 Å². The Balaban J connectivity index is 1.73. The Labute approximate surface area is 153 Å². The van der Waals surface area contributed by atoms with Crippen LogP contribution < -0.4 is 10.2 Å². The van der Waals surface area contributed by atoms with Gasteiger partial charge in [-0.15, -0.1) is 0 Å². The lowest BCUT2D eigenvalue weighted by atomic mass is 10.3. The number of carbonyl (C=O) groups is 2. The molecule has 1 aliphatic rings. The zero-order valence-corrected chi connectivity index (χ0v) is 14.6. The quantitative estimate of drug-likeness (QED) is 0.507. The molecule has 3 rings (SSSR count). The van der Waals surface area contributed by atoms with E-state index in [0.717, 1.165) is 16.7 Å². The first-order valence-electron chi connectivity index (χ1n) is 7.77. The smallest absolute Gasteiger partial charge is 0.247 e. The van der Waals surface area contributed by atoms with Gasteiger partial charge in [0.1, 0.15) is 16.9 Å². The van der Waals surface area contributed by atoms with Crippen molar-refractivity contribution in [3.05, 3.63) is 60.2 Å². The number of halogens is 2. The fraction of sp³-hybridized carbons (Fsp3) is 0.167. The van der Waals surface area contributed by atoms with Crippen LogP contribution in [0.15, 0.2) is 53.5 Å². The molecule has 1 aliphatic heterocycles. The zero-order chi connectivity index (χ0) is 18.7. The first-order chi connectivity index (χ1) is 12.5. The highest BCUT2D eigenvalue weighted by molar-refractivity contribution is 8.15. The number of thioether (sulfide) groups is 1. The monoisotopic (exact) mass is 375 g/mol. The van der Waals surface area contributed by atoms with Gasteiger partial charge in [-0.1, -0.05) is 23.9 Å². The maximum absolute atomic E-state index is 13.9. The molecule has 26 heavy (non-hydrogen) atoms. The second-order valence-corrected chi connectivity index (χ2v) is 6.68. The standard InChI is InChI=1S/C18H15F2N3O2S/c1-21-18(22-12-8-6-11(19)7-9-12)26-15-10-16(24)23(17(15)25)14-5-3-2-4-13(14)20/h2-9,15H,10H2,1H3,(H,21,22)/t15-/m1/s1. The third-order valence-corrected chi connectivity index (χ3v) is 4.91. The van der Waals surface area contributed by atoms with Gasteiger partial charge < -0.3 is 5.32 Å². The third-order valence-electron chi connectivity index (χ3n) is 3.75. The lowest BCUT2D eigenvalue weighted by Crippen LogP contribution is -2.32. The van der Waals surface area contributed by atoms with Crippen molar-refractivity contribution in [1.29, 1.82) is 0 Å². The Hall–Kier alpha value is -2.74. The number of imide groups is 1. The average molecular weight is 375 g/mol. The minimum atomic E-state index is -0.714. The highest BCUT2D eigenvalue weighted by Gasteiger charge is 2.41. The highest BCUT2D eigenvalue weighted by Crippen LogP contribution is 2.31. The van der Waals surface area contributed by atoms with Crippen molar-refractivity contribution >= 4 is 40.1 Å². The van der Waals surface area contributed by atoms with E-state index in [1.165, 1.54) is 49.5 Å². The third kappa shape index (κ3) is 3.75. The molecule has 5 nitrogen and oxygen atoms in total. The SMILES string of the molecule is CN=C(Nc1ccc(F)cc1)S[C@@H]1CC(=O)N(c2ccccc2F)C1=O. The van der Waals surface area contributed by atoms with Crippen molar-refractivity contribution in [2.75, 3.05) is 17.3 Å². The van der Waals surface area contributed by atoms with E-state index in [2.05, 4.69) is 10.3 Å². The molecule has 0 spiro atoms. The van der Waals surface area contributed by atoms with Crippen LogP contribution in [0.3, 0.4) is 0 Å². The van der Waals surface area contributed by atoms with E-state index in [0.29, 0.717) is 10.9 Å². The van der Waals surface area contributed by atoms with E-state index < -0.39 is 22.9 Å². The first-order valence-corrected chi connectivity index (χ1v) is 8.65. The minimum absolute atomic E-state index is 0.0490. The maximum Gasteiger partial charge on any atom is 0.247 e. The Morgan fingerprint density at radius 3 is 2.50 bits per heavy atom. The molecule has 1 N–H and O–H groups in total. The van der Waals surface area contributed by atoms with Crippen molar-refractivity contribution in [3.8, 4) is 0 Å². The molecule has 0 aliphatic carbocycles. The van der Waals surface area contributed by atoms with Crippen LogP contribution in [0, 0.1) is 11.6 Å². The lowest BCUT2D eigenvalue weighted by molar-refractivity contribution is -0.121. The van der Waals surface area contributed by atoms with E-state index in [4.69, 9.17) is 0 Å². The van der Waals surface area contributed by atoms with Gasteiger partial charge in [0.05, 0.1) is 5.69 Å². The number of aliphatic imine (C=N–C) groups is 1. The number of benzene rings is 2. The number of nitrogens with zero attached hydrogens (tertiary/aromatic N) is 2. The summed E-state index contributed by atoms with van der Waals surface area (Å²) in [5, 5.41) is 2.66. The summed E-state index contributed by atoms with van der Waals surface area (Å²) in [6, 6.07) is 11.3. The van der Waals surface area contributed by atoms with Gasteiger partial charge in [0, 0.05) is 19.2 Å². The van der Waals surface area contributed by atoms with Crippen molar-refractivity contribution in [3.63, 3.8) is 0 Å². The predicted molar refractivity (Wildman–Crippen MR) is 98.3 cm³/mol. The normalized spacial score (nSPS) is 17.7. The molecule has 0 saturated carbocycles. The number of carbonyl (C=O) groups excluding carboxylic acids is 2. The number of hydrogen-bond donors (Lipinski definition) is 1. The van der Waals surface area contributed by atoms with E-state index in [-0.39, 0.29) is 17.9 Å². The molecule has 1 saturated heterocycles. The summed E-state index contributed by atoms with van der Waals surface area (Å²) in [7, 11) is 1.54. The molecule has 2 amide bonds. The second-order valence-electron chi connectivity index (χ2n) is 5.49. The molecule has 0 radical (unpaired) electrons. The number of amidine groups is 1. The summed E-state index contributed by atoms with van der Waals surface area (Å²) < 4.78 is 26.9. The number of hydrogen-bond acceptors (Lipinski definition) is 4. The first kappa shape index (κ1) is 18.1. The Kier molecular flexibility index (Phi) is 5.32. The van der Waals surface area contributed by atoms with Crippen LogP contribution in [-0.4, -0.2) is 29.3 Å². The summed E-state index contributed by atoms with van der Waals surface area (Å²) in [6.45, 7) is 0. The molecule has 0 bridgehead atoms. The van der Waals surface area contributed by atoms with E-state index >= 15 is 0 Å². The van der Waals surface area contributed by atoms with Gasteiger partial charge in [0.15, 0.2) is 5.17 Å². The van der Waals surface area contributed by atoms with Crippen molar-refractivity contribution in [2.45, 2.75) is 11.7 Å². The number of para-hydroxylation sites is 1. The largest absolute Gasteiger partial charge is 0.335 e. The fourth-order valence-electron chi connectivity index (χ4n) is 2.51. The summed E-state index contributed by atoms with van der Waals surface area (Å²) >= 11 is 1.08. The molecule has 0 aromatic heterocycles. The predicted octanol–water partition coefficient (Wildman–Crippen LogP) is 3.43. The summed E-state index contributed by atoms with van der Waals surface area (Å²) in [5.74, 6) is -1.95. The highest BCUT2D eigenvalue weighted by atomic mass is 32.2. The molecular weight excluding hydrogens is 360 g/mol. The van der Waals surface area contributed by atoms with Crippen LogP contribution in [0.5, 0.6) is 0 Å². The summed E-state index contributed by atoms with van der Waals surface area (Å²) in [4.78, 5) is 29.8. The van der Waals surface area contributed by atoms with E-state index in [1.54, 1.807) is 6.07 Å². The molecule has 2 aromatic carbocycles. The molecular formula is C18H15F2N3O2S. The van der Waals surface area contributed by atoms with E-state index in [9.17, 15) is 18.4 Å². The average Bonchev–Trinajstić information content (AvgIpc) is 2.90. The molecule has 2 aromatic rings. The number of amides is 2. The van der Waals surface area contributed by atoms with Crippen LogP contribution in [0.25, 0.3) is 0 Å². The molecule has 8 heteroatoms. The van der Waals surface area contributed by atoms with Gasteiger partial charge in [-0.25, -0.2) is 13.7 Å². The van der Waals surface area contributed by atoms with Gasteiger partial charge in [0.2, 0.25) is 11.8 Å². The Bertz CT molecular complexity index is 871. The number of anilines is 2. The molecule has 1 atom stereocenters. The zero-order valence-electron chi connectivity index (χ0n) is 13.8. The van der Waals surface area contributed by atoms with Gasteiger partial charge in [-0.3, -0.25) is 14.6 Å². The molecule has 1 fully saturated rings. The minimum Gasteiger partial charge on any atom is -0.335 e. The molecule has 0 unspecified atom stereocenters. The topological polar surface area (TPSA) is 61.8 Å². The van der Waals surface area contributed by atoms with Gasteiger partial charge in [-0.2, -0.15) is 0 Å². The van der Waals surface area contributed by atoms with Crippen molar-refractivity contribution < 1.29 is 18.4 Å².